The van der Waals surface area contributed by atoms with E-state index in [-0.39, 0.29) is 0 Å². The van der Waals surface area contributed by atoms with Crippen molar-refractivity contribution in [1.82, 2.24) is 9.62 Å². The molecule has 0 atom stereocenters. The maximum absolute atomic E-state index is 12.9. The fourth-order valence-corrected chi connectivity index (χ4v) is 4.71. The molecule has 0 spiro atoms. The first kappa shape index (κ1) is 16.5. The molecular weight excluding hydrogens is 284 g/mol. The smallest absolute Gasteiger partial charge is 0.243 e. The molecule has 2 rings (SSSR count). The van der Waals surface area contributed by atoms with Crippen LogP contribution < -0.4 is 5.32 Å². The van der Waals surface area contributed by atoms with E-state index >= 15 is 0 Å². The minimum Gasteiger partial charge on any atom is -0.316 e. The van der Waals surface area contributed by atoms with Gasteiger partial charge >= 0.3 is 0 Å². The van der Waals surface area contributed by atoms with Crippen LogP contribution in [0, 0.1) is 11.8 Å². The molecule has 21 heavy (non-hydrogen) atoms. The number of sulfonamides is 1. The van der Waals surface area contributed by atoms with Crippen LogP contribution in [-0.4, -0.2) is 32.9 Å². The lowest BCUT2D eigenvalue weighted by Crippen LogP contribution is -2.39. The number of nitrogens with one attached hydrogen (secondary N) is 1. The summed E-state index contributed by atoms with van der Waals surface area (Å²) in [5.74, 6) is 1.27. The van der Waals surface area contributed by atoms with E-state index in [2.05, 4.69) is 19.2 Å². The van der Waals surface area contributed by atoms with E-state index in [1.165, 1.54) is 0 Å². The highest BCUT2D eigenvalue weighted by Crippen LogP contribution is 2.29. The second-order valence-electron chi connectivity index (χ2n) is 6.12. The second kappa shape index (κ2) is 6.90. The van der Waals surface area contributed by atoms with Gasteiger partial charge in [-0.2, -0.15) is 4.31 Å². The molecule has 1 aromatic rings. The molecule has 0 radical (unpaired) electrons. The van der Waals surface area contributed by atoms with Crippen LogP contribution in [0.4, 0.5) is 0 Å². The maximum atomic E-state index is 12.9. The van der Waals surface area contributed by atoms with Crippen molar-refractivity contribution in [2.75, 3.05) is 20.1 Å². The summed E-state index contributed by atoms with van der Waals surface area (Å²) < 4.78 is 27.4. The van der Waals surface area contributed by atoms with Gasteiger partial charge in [0.25, 0.3) is 0 Å². The Balaban J connectivity index is 2.20. The van der Waals surface area contributed by atoms with Crippen LogP contribution in [0.5, 0.6) is 0 Å². The van der Waals surface area contributed by atoms with Crippen molar-refractivity contribution >= 4 is 10.0 Å². The third-order valence-electron chi connectivity index (χ3n) is 4.40. The van der Waals surface area contributed by atoms with Crippen molar-refractivity contribution in [2.45, 2.75) is 38.1 Å². The molecule has 0 amide bonds. The number of nitrogens with zero attached hydrogens (tertiary/aromatic N) is 1. The highest BCUT2D eigenvalue weighted by molar-refractivity contribution is 7.89. The van der Waals surface area contributed by atoms with E-state index in [1.54, 1.807) is 16.4 Å². The van der Waals surface area contributed by atoms with Crippen molar-refractivity contribution in [3.8, 4) is 0 Å². The first-order valence-corrected chi connectivity index (χ1v) is 9.13. The summed E-state index contributed by atoms with van der Waals surface area (Å²) in [5.41, 5.74) is 0.839. The Labute approximate surface area is 128 Å². The summed E-state index contributed by atoms with van der Waals surface area (Å²) in [6, 6.07) is 7.28. The van der Waals surface area contributed by atoms with Gasteiger partial charge in [-0.15, -0.1) is 0 Å². The summed E-state index contributed by atoms with van der Waals surface area (Å²) >= 11 is 0. The van der Waals surface area contributed by atoms with Gasteiger partial charge in [-0.05, 0) is 43.4 Å². The molecule has 1 fully saturated rings. The number of rotatable bonds is 5. The van der Waals surface area contributed by atoms with Gasteiger partial charge in [0.15, 0.2) is 0 Å². The Morgan fingerprint density at radius 2 is 1.86 bits per heavy atom. The minimum atomic E-state index is -3.37. The van der Waals surface area contributed by atoms with Gasteiger partial charge in [0.2, 0.25) is 10.0 Å². The van der Waals surface area contributed by atoms with Crippen LogP contribution >= 0.6 is 0 Å². The standard InChI is InChI=1S/C16H26N2O2S/c1-13(2)14-8-10-18(11-9-14)21(19,20)16-7-5-4-6-15(16)12-17-3/h4-7,13-14,17H,8-12H2,1-3H3. The van der Waals surface area contributed by atoms with E-state index in [9.17, 15) is 8.42 Å². The van der Waals surface area contributed by atoms with Crippen LogP contribution in [0.2, 0.25) is 0 Å². The fraction of sp³-hybridized carbons (Fsp3) is 0.625. The summed E-state index contributed by atoms with van der Waals surface area (Å²) in [6.07, 6.45) is 1.93. The van der Waals surface area contributed by atoms with Crippen LogP contribution in [0.15, 0.2) is 29.2 Å². The predicted molar refractivity (Wildman–Crippen MR) is 85.5 cm³/mol. The molecule has 1 aliphatic heterocycles. The SMILES string of the molecule is CNCc1ccccc1S(=O)(=O)N1CCC(C(C)C)CC1. The fourth-order valence-electron chi connectivity index (χ4n) is 3.01. The van der Waals surface area contributed by atoms with Gasteiger partial charge in [0.1, 0.15) is 0 Å². The highest BCUT2D eigenvalue weighted by atomic mass is 32.2. The lowest BCUT2D eigenvalue weighted by molar-refractivity contribution is 0.226. The Morgan fingerprint density at radius 3 is 2.43 bits per heavy atom. The molecule has 0 bridgehead atoms. The van der Waals surface area contributed by atoms with E-state index < -0.39 is 10.0 Å². The Bertz CT molecular complexity index is 561. The average Bonchev–Trinajstić information content (AvgIpc) is 2.48. The minimum absolute atomic E-state index is 0.447. The number of piperidine rings is 1. The number of benzene rings is 1. The van der Waals surface area contributed by atoms with Gasteiger partial charge < -0.3 is 5.32 Å². The van der Waals surface area contributed by atoms with Crippen molar-refractivity contribution in [1.29, 1.82) is 0 Å². The quantitative estimate of drug-likeness (QED) is 0.909. The molecule has 1 aromatic carbocycles. The lowest BCUT2D eigenvalue weighted by Gasteiger charge is -2.33. The molecule has 5 heteroatoms. The van der Waals surface area contributed by atoms with Gasteiger partial charge in [0, 0.05) is 19.6 Å². The molecular formula is C16H26N2O2S. The highest BCUT2D eigenvalue weighted by Gasteiger charge is 2.31. The van der Waals surface area contributed by atoms with Crippen molar-refractivity contribution < 1.29 is 8.42 Å². The molecule has 1 heterocycles. The molecule has 0 aromatic heterocycles. The Hall–Kier alpha value is -0.910. The van der Waals surface area contributed by atoms with E-state index in [0.717, 1.165) is 18.4 Å². The normalized spacial score (nSPS) is 18.3. The molecule has 0 saturated carbocycles. The molecule has 118 valence electrons. The average molecular weight is 310 g/mol. The van der Waals surface area contributed by atoms with E-state index in [0.29, 0.717) is 36.4 Å². The van der Waals surface area contributed by atoms with Crippen LogP contribution in [0.25, 0.3) is 0 Å². The molecule has 1 aliphatic rings. The van der Waals surface area contributed by atoms with Gasteiger partial charge in [-0.3, -0.25) is 0 Å². The van der Waals surface area contributed by atoms with Crippen LogP contribution in [0.3, 0.4) is 0 Å². The number of hydrogen-bond donors (Lipinski definition) is 1. The molecule has 4 nitrogen and oxygen atoms in total. The summed E-state index contributed by atoms with van der Waals surface area (Å²) in [5, 5.41) is 3.04. The topological polar surface area (TPSA) is 49.4 Å². The number of hydrogen-bond acceptors (Lipinski definition) is 3. The Kier molecular flexibility index (Phi) is 5.41. The molecule has 1 N–H and O–H groups in total. The first-order valence-electron chi connectivity index (χ1n) is 7.69. The molecule has 1 saturated heterocycles. The van der Waals surface area contributed by atoms with Gasteiger partial charge in [-0.1, -0.05) is 32.0 Å². The molecule has 0 aliphatic carbocycles. The van der Waals surface area contributed by atoms with Crippen LogP contribution in [-0.2, 0) is 16.6 Å². The zero-order valence-corrected chi connectivity index (χ0v) is 14.0. The van der Waals surface area contributed by atoms with Gasteiger partial charge in [0.05, 0.1) is 4.90 Å². The van der Waals surface area contributed by atoms with E-state index in [1.807, 2.05) is 19.2 Å². The second-order valence-corrected chi connectivity index (χ2v) is 8.03. The van der Waals surface area contributed by atoms with Crippen LogP contribution in [0.1, 0.15) is 32.3 Å². The summed E-state index contributed by atoms with van der Waals surface area (Å²) in [7, 11) is -1.54. The first-order chi connectivity index (χ1) is 9.96. The predicted octanol–water partition coefficient (Wildman–Crippen LogP) is 2.46. The third-order valence-corrected chi connectivity index (χ3v) is 6.40. The summed E-state index contributed by atoms with van der Waals surface area (Å²) in [4.78, 5) is 0.447. The largest absolute Gasteiger partial charge is 0.316 e. The zero-order chi connectivity index (χ0) is 15.5. The Morgan fingerprint density at radius 1 is 1.24 bits per heavy atom. The summed E-state index contributed by atoms with van der Waals surface area (Å²) in [6.45, 7) is 6.28. The lowest BCUT2D eigenvalue weighted by atomic mass is 9.87. The van der Waals surface area contributed by atoms with Gasteiger partial charge in [-0.25, -0.2) is 8.42 Å². The van der Waals surface area contributed by atoms with E-state index in [4.69, 9.17) is 0 Å². The third kappa shape index (κ3) is 3.65. The zero-order valence-electron chi connectivity index (χ0n) is 13.2. The van der Waals surface area contributed by atoms with Crippen molar-refractivity contribution in [2.24, 2.45) is 11.8 Å². The molecule has 0 unspecified atom stereocenters. The van der Waals surface area contributed by atoms with Crippen molar-refractivity contribution in [3.63, 3.8) is 0 Å². The van der Waals surface area contributed by atoms with Crippen molar-refractivity contribution in [3.05, 3.63) is 29.8 Å². The maximum Gasteiger partial charge on any atom is 0.243 e. The monoisotopic (exact) mass is 310 g/mol.